The number of aromatic nitrogens is 2. The summed E-state index contributed by atoms with van der Waals surface area (Å²) in [5.41, 5.74) is 3.95. The lowest BCUT2D eigenvalue weighted by Gasteiger charge is -2.09. The second kappa shape index (κ2) is 8.71. The number of amides is 2. The summed E-state index contributed by atoms with van der Waals surface area (Å²) in [5.74, 6) is -0.402. The zero-order valence-corrected chi connectivity index (χ0v) is 16.5. The van der Waals surface area contributed by atoms with Crippen LogP contribution in [0.4, 0.5) is 0 Å². The maximum absolute atomic E-state index is 12.3. The third-order valence-electron chi connectivity index (χ3n) is 4.19. The fourth-order valence-corrected chi connectivity index (χ4v) is 2.93. The van der Waals surface area contributed by atoms with E-state index in [4.69, 9.17) is 11.6 Å². The van der Waals surface area contributed by atoms with E-state index < -0.39 is 0 Å². The minimum Gasteiger partial charge on any atom is -0.350 e. The molecule has 7 heteroatoms. The number of halogens is 1. The summed E-state index contributed by atoms with van der Waals surface area (Å²) in [4.78, 5) is 24.3. The van der Waals surface area contributed by atoms with Crippen LogP contribution in [0, 0.1) is 13.8 Å². The summed E-state index contributed by atoms with van der Waals surface area (Å²) in [6.07, 6.45) is 0. The molecule has 28 heavy (non-hydrogen) atoms. The molecule has 0 atom stereocenters. The second-order valence-corrected chi connectivity index (χ2v) is 6.84. The number of nitrogens with zero attached hydrogens (tertiary/aromatic N) is 2. The first kappa shape index (κ1) is 19.6. The van der Waals surface area contributed by atoms with E-state index in [0.29, 0.717) is 29.2 Å². The number of carbonyl (C=O) groups excluding carboxylic acids is 2. The van der Waals surface area contributed by atoms with Gasteiger partial charge in [-0.25, -0.2) is 4.68 Å². The van der Waals surface area contributed by atoms with Gasteiger partial charge in [0.15, 0.2) is 0 Å². The van der Waals surface area contributed by atoms with Crippen molar-refractivity contribution >= 4 is 23.4 Å². The number of carbonyl (C=O) groups is 2. The molecule has 0 radical (unpaired) electrons. The molecule has 0 aliphatic carbocycles. The molecular formula is C21H21ClN4O2. The Hall–Kier alpha value is -3.12. The van der Waals surface area contributed by atoms with Gasteiger partial charge in [-0.3, -0.25) is 9.59 Å². The molecule has 1 aromatic heterocycles. The van der Waals surface area contributed by atoms with Gasteiger partial charge in [-0.1, -0.05) is 11.6 Å². The molecule has 2 N–H and O–H groups in total. The third kappa shape index (κ3) is 4.78. The number of benzene rings is 2. The van der Waals surface area contributed by atoms with Crippen molar-refractivity contribution in [3.8, 4) is 5.69 Å². The summed E-state index contributed by atoms with van der Waals surface area (Å²) < 4.78 is 1.84. The van der Waals surface area contributed by atoms with Crippen molar-refractivity contribution in [2.75, 3.05) is 13.1 Å². The molecule has 0 unspecified atom stereocenters. The standard InChI is InChI=1S/C21H21ClN4O2/c1-14-13-15(2)26(25-14)19-9-5-17(6-10-19)21(28)24-12-11-23-20(27)16-3-7-18(22)8-4-16/h3-10,13H,11-12H2,1-2H3,(H,23,27)(H,24,28). The number of hydrogen-bond acceptors (Lipinski definition) is 3. The third-order valence-corrected chi connectivity index (χ3v) is 4.44. The Kier molecular flexibility index (Phi) is 6.11. The van der Waals surface area contributed by atoms with Crippen LogP contribution in [0.5, 0.6) is 0 Å². The van der Waals surface area contributed by atoms with Crippen LogP contribution in [0.25, 0.3) is 5.69 Å². The van der Waals surface area contributed by atoms with Gasteiger partial charge >= 0.3 is 0 Å². The highest BCUT2D eigenvalue weighted by Gasteiger charge is 2.08. The average Bonchev–Trinajstić information content (AvgIpc) is 3.03. The van der Waals surface area contributed by atoms with E-state index in [2.05, 4.69) is 15.7 Å². The molecule has 0 fully saturated rings. The highest BCUT2D eigenvalue weighted by molar-refractivity contribution is 6.30. The first-order valence-electron chi connectivity index (χ1n) is 8.90. The molecule has 0 aliphatic rings. The smallest absolute Gasteiger partial charge is 0.251 e. The highest BCUT2D eigenvalue weighted by Crippen LogP contribution is 2.13. The molecule has 2 aromatic carbocycles. The van der Waals surface area contributed by atoms with E-state index >= 15 is 0 Å². The molecule has 0 saturated carbocycles. The zero-order valence-electron chi connectivity index (χ0n) is 15.7. The Morgan fingerprint density at radius 2 is 1.39 bits per heavy atom. The van der Waals surface area contributed by atoms with Crippen LogP contribution in [-0.2, 0) is 0 Å². The van der Waals surface area contributed by atoms with Crippen molar-refractivity contribution in [1.29, 1.82) is 0 Å². The molecular weight excluding hydrogens is 376 g/mol. The molecule has 6 nitrogen and oxygen atoms in total. The Morgan fingerprint density at radius 1 is 0.893 bits per heavy atom. The van der Waals surface area contributed by atoms with Crippen LogP contribution in [0.15, 0.2) is 54.6 Å². The number of rotatable bonds is 6. The minimum absolute atomic E-state index is 0.194. The van der Waals surface area contributed by atoms with Crippen molar-refractivity contribution in [2.45, 2.75) is 13.8 Å². The molecule has 0 saturated heterocycles. The predicted octanol–water partition coefficient (Wildman–Crippen LogP) is 3.30. The van der Waals surface area contributed by atoms with Gasteiger partial charge < -0.3 is 10.6 Å². The second-order valence-electron chi connectivity index (χ2n) is 6.40. The van der Waals surface area contributed by atoms with E-state index in [1.165, 1.54) is 0 Å². The Bertz CT molecular complexity index is 979. The lowest BCUT2D eigenvalue weighted by Crippen LogP contribution is -2.34. The maximum atomic E-state index is 12.3. The summed E-state index contributed by atoms with van der Waals surface area (Å²) in [7, 11) is 0. The van der Waals surface area contributed by atoms with Crippen molar-refractivity contribution in [2.24, 2.45) is 0 Å². The van der Waals surface area contributed by atoms with Gasteiger partial charge in [0.1, 0.15) is 0 Å². The number of hydrogen-bond donors (Lipinski definition) is 2. The summed E-state index contributed by atoms with van der Waals surface area (Å²) in [5, 5.41) is 10.6. The normalized spacial score (nSPS) is 10.5. The Labute approximate surface area is 168 Å². The Morgan fingerprint density at radius 3 is 1.86 bits per heavy atom. The fourth-order valence-electron chi connectivity index (χ4n) is 2.80. The van der Waals surface area contributed by atoms with Crippen molar-refractivity contribution in [3.05, 3.63) is 82.1 Å². The van der Waals surface area contributed by atoms with Crippen LogP contribution < -0.4 is 10.6 Å². The highest BCUT2D eigenvalue weighted by atomic mass is 35.5. The quantitative estimate of drug-likeness (QED) is 0.627. The van der Waals surface area contributed by atoms with E-state index in [1.54, 1.807) is 36.4 Å². The summed E-state index contributed by atoms with van der Waals surface area (Å²) in [6, 6.07) is 15.9. The average molecular weight is 397 g/mol. The Balaban J connectivity index is 1.49. The van der Waals surface area contributed by atoms with Crippen LogP contribution >= 0.6 is 11.6 Å². The van der Waals surface area contributed by atoms with Gasteiger partial charge in [-0.2, -0.15) is 5.10 Å². The molecule has 3 aromatic rings. The summed E-state index contributed by atoms with van der Waals surface area (Å²) >= 11 is 5.81. The lowest BCUT2D eigenvalue weighted by atomic mass is 10.2. The van der Waals surface area contributed by atoms with Crippen LogP contribution in [0.1, 0.15) is 32.1 Å². The van der Waals surface area contributed by atoms with E-state index in [-0.39, 0.29) is 11.8 Å². The topological polar surface area (TPSA) is 76.0 Å². The van der Waals surface area contributed by atoms with Crippen molar-refractivity contribution in [3.63, 3.8) is 0 Å². The minimum atomic E-state index is -0.208. The SMILES string of the molecule is Cc1cc(C)n(-c2ccc(C(=O)NCCNC(=O)c3ccc(Cl)cc3)cc2)n1. The number of aryl methyl sites for hydroxylation is 2. The monoisotopic (exact) mass is 396 g/mol. The first-order chi connectivity index (χ1) is 13.4. The van der Waals surface area contributed by atoms with Crippen LogP contribution in [-0.4, -0.2) is 34.7 Å². The van der Waals surface area contributed by atoms with Gasteiger partial charge in [-0.05, 0) is 68.4 Å². The van der Waals surface area contributed by atoms with Crippen LogP contribution in [0.2, 0.25) is 5.02 Å². The molecule has 0 bridgehead atoms. The van der Waals surface area contributed by atoms with Crippen molar-refractivity contribution in [1.82, 2.24) is 20.4 Å². The van der Waals surface area contributed by atoms with Gasteiger partial charge in [0.05, 0.1) is 11.4 Å². The van der Waals surface area contributed by atoms with Crippen molar-refractivity contribution < 1.29 is 9.59 Å². The molecule has 2 amide bonds. The lowest BCUT2D eigenvalue weighted by molar-refractivity contribution is 0.0927. The van der Waals surface area contributed by atoms with Crippen LogP contribution in [0.3, 0.4) is 0 Å². The zero-order chi connectivity index (χ0) is 20.1. The van der Waals surface area contributed by atoms with E-state index in [0.717, 1.165) is 17.1 Å². The fraction of sp³-hybridized carbons (Fsp3) is 0.190. The van der Waals surface area contributed by atoms with E-state index in [1.807, 2.05) is 36.7 Å². The van der Waals surface area contributed by atoms with Gasteiger partial charge in [0.2, 0.25) is 0 Å². The molecule has 144 valence electrons. The molecule has 3 rings (SSSR count). The largest absolute Gasteiger partial charge is 0.350 e. The van der Waals surface area contributed by atoms with E-state index in [9.17, 15) is 9.59 Å². The van der Waals surface area contributed by atoms with Gasteiger partial charge in [0, 0.05) is 34.9 Å². The van der Waals surface area contributed by atoms with Gasteiger partial charge in [0.25, 0.3) is 11.8 Å². The molecule has 0 spiro atoms. The first-order valence-corrected chi connectivity index (χ1v) is 9.27. The summed E-state index contributed by atoms with van der Waals surface area (Å²) in [6.45, 7) is 4.59. The maximum Gasteiger partial charge on any atom is 0.251 e. The van der Waals surface area contributed by atoms with Gasteiger partial charge in [-0.15, -0.1) is 0 Å². The molecule has 1 heterocycles. The predicted molar refractivity (Wildman–Crippen MR) is 109 cm³/mol. The number of nitrogens with one attached hydrogen (secondary N) is 2. The molecule has 0 aliphatic heterocycles.